The molecule has 0 bridgehead atoms. The molecule has 2 aliphatic rings. The molecule has 0 aromatic carbocycles. The van der Waals surface area contributed by atoms with Crippen LogP contribution >= 0.6 is 12.4 Å². The lowest BCUT2D eigenvalue weighted by Gasteiger charge is -2.30. The molecular weight excluding hydrogens is 176 g/mol. The van der Waals surface area contributed by atoms with E-state index in [0.29, 0.717) is 0 Å². The van der Waals surface area contributed by atoms with Crippen LogP contribution in [0.3, 0.4) is 0 Å². The van der Waals surface area contributed by atoms with Gasteiger partial charge in [-0.25, -0.2) is 0 Å². The maximum Gasteiger partial charge on any atom is 0.145 e. The average Bonchev–Trinajstić information content (AvgIpc) is 2.34. The van der Waals surface area contributed by atoms with Gasteiger partial charge in [-0.15, -0.1) is 12.4 Å². The fourth-order valence-electron chi connectivity index (χ4n) is 1.86. The van der Waals surface area contributed by atoms with Crippen molar-refractivity contribution >= 4 is 18.1 Å². The number of nitrogens with zero attached hydrogens (tertiary/aromatic N) is 1. The first-order chi connectivity index (χ1) is 5.31. The summed E-state index contributed by atoms with van der Waals surface area (Å²) in [4.78, 5) is 5.44. The van der Waals surface area contributed by atoms with Crippen LogP contribution in [0.2, 0.25) is 0 Å². The lowest BCUT2D eigenvalue weighted by molar-refractivity contribution is -0.0400. The van der Waals surface area contributed by atoms with Crippen molar-refractivity contribution in [2.75, 3.05) is 13.1 Å². The number of halogens is 1. The lowest BCUT2D eigenvalue weighted by atomic mass is 9.88. The number of hydrogen-bond acceptors (Lipinski definition) is 3. The van der Waals surface area contributed by atoms with E-state index in [-0.39, 0.29) is 18.0 Å². The molecule has 1 N–H and O–H groups in total. The summed E-state index contributed by atoms with van der Waals surface area (Å²) in [5.74, 6) is 0. The van der Waals surface area contributed by atoms with Crippen LogP contribution in [0.15, 0.2) is 5.16 Å². The van der Waals surface area contributed by atoms with Crippen molar-refractivity contribution in [3.05, 3.63) is 0 Å². The summed E-state index contributed by atoms with van der Waals surface area (Å²) in [6, 6.07) is 0. The second-order valence-electron chi connectivity index (χ2n) is 3.53. The Morgan fingerprint density at radius 2 is 2.08 bits per heavy atom. The summed E-state index contributed by atoms with van der Waals surface area (Å²) in [5, 5.41) is 7.32. The minimum atomic E-state index is 0. The van der Waals surface area contributed by atoms with Crippen LogP contribution in [0.4, 0.5) is 0 Å². The van der Waals surface area contributed by atoms with Crippen molar-refractivity contribution in [3.63, 3.8) is 0 Å². The van der Waals surface area contributed by atoms with Crippen molar-refractivity contribution in [3.8, 4) is 0 Å². The molecule has 0 aromatic heterocycles. The molecule has 12 heavy (non-hydrogen) atoms. The Morgan fingerprint density at radius 3 is 2.58 bits per heavy atom. The van der Waals surface area contributed by atoms with E-state index in [0.717, 1.165) is 38.1 Å². The number of rotatable bonds is 0. The Labute approximate surface area is 78.9 Å². The third-order valence-electron chi connectivity index (χ3n) is 2.49. The number of hydrogen-bond donors (Lipinski definition) is 1. The molecule has 0 unspecified atom stereocenters. The quantitative estimate of drug-likeness (QED) is 0.625. The molecule has 2 heterocycles. The molecule has 2 aliphatic heterocycles. The zero-order valence-electron chi connectivity index (χ0n) is 7.30. The third-order valence-corrected chi connectivity index (χ3v) is 2.49. The van der Waals surface area contributed by atoms with Crippen LogP contribution in [0, 0.1) is 0 Å². The fourth-order valence-corrected chi connectivity index (χ4v) is 1.86. The topological polar surface area (TPSA) is 33.6 Å². The Balaban J connectivity index is 0.000000720. The summed E-state index contributed by atoms with van der Waals surface area (Å²) in [6.45, 7) is 4.18. The van der Waals surface area contributed by atoms with Gasteiger partial charge in [0.05, 0.1) is 5.71 Å². The van der Waals surface area contributed by atoms with Crippen molar-refractivity contribution in [2.45, 2.75) is 31.8 Å². The van der Waals surface area contributed by atoms with Gasteiger partial charge in [0.2, 0.25) is 0 Å². The van der Waals surface area contributed by atoms with Crippen molar-refractivity contribution < 1.29 is 4.84 Å². The van der Waals surface area contributed by atoms with Crippen LogP contribution in [0.1, 0.15) is 26.2 Å². The molecule has 0 aromatic rings. The molecule has 0 atom stereocenters. The van der Waals surface area contributed by atoms with Gasteiger partial charge in [-0.05, 0) is 20.0 Å². The first kappa shape index (κ1) is 9.81. The monoisotopic (exact) mass is 190 g/mol. The Morgan fingerprint density at radius 1 is 1.42 bits per heavy atom. The maximum absolute atomic E-state index is 5.44. The number of piperidine rings is 1. The van der Waals surface area contributed by atoms with E-state index >= 15 is 0 Å². The highest BCUT2D eigenvalue weighted by Crippen LogP contribution is 2.31. The van der Waals surface area contributed by atoms with E-state index in [4.69, 9.17) is 4.84 Å². The highest BCUT2D eigenvalue weighted by molar-refractivity contribution is 5.85. The van der Waals surface area contributed by atoms with Gasteiger partial charge in [0, 0.05) is 19.3 Å². The Bertz CT molecular complexity index is 187. The van der Waals surface area contributed by atoms with Crippen molar-refractivity contribution in [2.24, 2.45) is 5.16 Å². The van der Waals surface area contributed by atoms with E-state index in [1.807, 2.05) is 6.92 Å². The summed E-state index contributed by atoms with van der Waals surface area (Å²) < 4.78 is 0. The SMILES string of the molecule is CC1=NOC2(CCNCC2)C1.Cl. The van der Waals surface area contributed by atoms with E-state index in [1.54, 1.807) is 0 Å². The lowest BCUT2D eigenvalue weighted by Crippen LogP contribution is -2.41. The maximum atomic E-state index is 5.44. The zero-order chi connectivity index (χ0) is 7.73. The fraction of sp³-hybridized carbons (Fsp3) is 0.875. The van der Waals surface area contributed by atoms with Gasteiger partial charge in [0.15, 0.2) is 0 Å². The first-order valence-electron chi connectivity index (χ1n) is 4.23. The highest BCUT2D eigenvalue weighted by atomic mass is 35.5. The predicted octanol–water partition coefficient (Wildman–Crippen LogP) is 1.33. The van der Waals surface area contributed by atoms with Gasteiger partial charge in [-0.1, -0.05) is 5.16 Å². The van der Waals surface area contributed by atoms with E-state index in [1.165, 1.54) is 0 Å². The molecular formula is C8H15ClN2O. The molecule has 2 rings (SSSR count). The van der Waals surface area contributed by atoms with Crippen LogP contribution in [-0.4, -0.2) is 24.4 Å². The molecule has 70 valence electrons. The minimum Gasteiger partial charge on any atom is -0.389 e. The van der Waals surface area contributed by atoms with Crippen LogP contribution in [-0.2, 0) is 4.84 Å². The largest absolute Gasteiger partial charge is 0.389 e. The van der Waals surface area contributed by atoms with E-state index < -0.39 is 0 Å². The Kier molecular flexibility index (Phi) is 2.96. The van der Waals surface area contributed by atoms with Crippen molar-refractivity contribution in [1.82, 2.24) is 5.32 Å². The zero-order valence-corrected chi connectivity index (χ0v) is 8.12. The standard InChI is InChI=1S/C8H14N2O.ClH/c1-7-6-8(11-10-7)2-4-9-5-3-8;/h9H,2-6H2,1H3;1H. The second-order valence-corrected chi connectivity index (χ2v) is 3.53. The molecule has 1 fully saturated rings. The van der Waals surface area contributed by atoms with Gasteiger partial charge < -0.3 is 10.2 Å². The summed E-state index contributed by atoms with van der Waals surface area (Å²) in [5.41, 5.74) is 1.22. The van der Waals surface area contributed by atoms with Crippen LogP contribution in [0.5, 0.6) is 0 Å². The second kappa shape index (κ2) is 3.62. The summed E-state index contributed by atoms with van der Waals surface area (Å²) in [6.07, 6.45) is 3.25. The molecule has 1 spiro atoms. The van der Waals surface area contributed by atoms with Crippen LogP contribution in [0.25, 0.3) is 0 Å². The molecule has 0 radical (unpaired) electrons. The minimum absolute atomic E-state index is 0. The number of nitrogens with one attached hydrogen (secondary N) is 1. The van der Waals surface area contributed by atoms with Crippen LogP contribution < -0.4 is 5.32 Å². The van der Waals surface area contributed by atoms with Gasteiger partial charge in [0.1, 0.15) is 5.60 Å². The summed E-state index contributed by atoms with van der Waals surface area (Å²) >= 11 is 0. The molecule has 0 amide bonds. The normalized spacial score (nSPS) is 25.9. The van der Waals surface area contributed by atoms with Gasteiger partial charge in [-0.3, -0.25) is 0 Å². The molecule has 1 saturated heterocycles. The van der Waals surface area contributed by atoms with E-state index in [9.17, 15) is 0 Å². The molecule has 0 aliphatic carbocycles. The van der Waals surface area contributed by atoms with Gasteiger partial charge in [0.25, 0.3) is 0 Å². The van der Waals surface area contributed by atoms with E-state index in [2.05, 4.69) is 10.5 Å². The molecule has 4 heteroatoms. The highest BCUT2D eigenvalue weighted by Gasteiger charge is 2.38. The van der Waals surface area contributed by atoms with Crippen molar-refractivity contribution in [1.29, 1.82) is 0 Å². The molecule has 3 nitrogen and oxygen atoms in total. The third kappa shape index (κ3) is 1.72. The molecule has 0 saturated carbocycles. The van der Waals surface area contributed by atoms with Gasteiger partial charge >= 0.3 is 0 Å². The average molecular weight is 191 g/mol. The van der Waals surface area contributed by atoms with Gasteiger partial charge in [-0.2, -0.15) is 0 Å². The summed E-state index contributed by atoms with van der Waals surface area (Å²) in [7, 11) is 0. The first-order valence-corrected chi connectivity index (χ1v) is 4.23. The number of oxime groups is 1. The Hall–Kier alpha value is -0.280. The predicted molar refractivity (Wildman–Crippen MR) is 50.9 cm³/mol. The smallest absolute Gasteiger partial charge is 0.145 e.